The monoisotopic (exact) mass is 238 g/mol. The van der Waals surface area contributed by atoms with Gasteiger partial charge in [0.2, 0.25) is 0 Å². The van der Waals surface area contributed by atoms with Crippen LogP contribution in [-0.4, -0.2) is 0 Å². The molecule has 0 bridgehead atoms. The smallest absolute Gasteiger partial charge is 0.131 e. The zero-order valence-electron chi connectivity index (χ0n) is 8.38. The summed E-state index contributed by atoms with van der Waals surface area (Å²) in [6.45, 7) is 0. The molecule has 0 radical (unpaired) electrons. The van der Waals surface area contributed by atoms with Crippen LogP contribution in [0.5, 0.6) is 0 Å². The van der Waals surface area contributed by atoms with E-state index in [4.69, 9.17) is 11.6 Å². The molecule has 0 amide bonds. The summed E-state index contributed by atoms with van der Waals surface area (Å²) in [6, 6.07) is 10.6. The maximum Gasteiger partial charge on any atom is 0.131 e. The minimum atomic E-state index is -0.445. The van der Waals surface area contributed by atoms with Gasteiger partial charge in [-0.2, -0.15) is 0 Å². The molecule has 0 unspecified atom stereocenters. The SMILES string of the molecule is Fc1ccccc1-c1cc(CCl)ccc1F. The summed E-state index contributed by atoms with van der Waals surface area (Å²) in [5.41, 5.74) is 1.27. The highest BCUT2D eigenvalue weighted by molar-refractivity contribution is 6.17. The predicted molar refractivity (Wildman–Crippen MR) is 61.4 cm³/mol. The molecule has 0 spiro atoms. The summed E-state index contributed by atoms with van der Waals surface area (Å²) in [5.74, 6) is -0.603. The molecular weight excluding hydrogens is 230 g/mol. The van der Waals surface area contributed by atoms with Gasteiger partial charge in [0.15, 0.2) is 0 Å². The van der Waals surface area contributed by atoms with Crippen molar-refractivity contribution >= 4 is 11.6 Å². The van der Waals surface area contributed by atoms with Crippen LogP contribution in [0.25, 0.3) is 11.1 Å². The van der Waals surface area contributed by atoms with Crippen LogP contribution in [0.1, 0.15) is 5.56 Å². The lowest BCUT2D eigenvalue weighted by molar-refractivity contribution is 0.616. The fraction of sp³-hybridized carbons (Fsp3) is 0.0769. The molecule has 0 aliphatic rings. The van der Waals surface area contributed by atoms with Crippen LogP contribution in [-0.2, 0) is 5.88 Å². The van der Waals surface area contributed by atoms with E-state index in [2.05, 4.69) is 0 Å². The Balaban J connectivity index is 2.59. The van der Waals surface area contributed by atoms with E-state index in [0.29, 0.717) is 0 Å². The van der Waals surface area contributed by atoms with Gasteiger partial charge >= 0.3 is 0 Å². The van der Waals surface area contributed by atoms with E-state index < -0.39 is 11.6 Å². The Labute approximate surface area is 97.5 Å². The summed E-state index contributed by atoms with van der Waals surface area (Å²) < 4.78 is 27.1. The Bertz CT molecular complexity index is 509. The molecule has 0 atom stereocenters. The normalized spacial score (nSPS) is 10.4. The van der Waals surface area contributed by atoms with Gasteiger partial charge in [0.1, 0.15) is 11.6 Å². The molecule has 0 aliphatic heterocycles. The number of halogens is 3. The minimum absolute atomic E-state index is 0.247. The summed E-state index contributed by atoms with van der Waals surface area (Å²) in [6.07, 6.45) is 0. The standard InChI is InChI=1S/C13H9ClF2/c14-8-9-5-6-13(16)11(7-9)10-3-1-2-4-12(10)15/h1-7H,8H2. The summed E-state index contributed by atoms with van der Waals surface area (Å²) in [4.78, 5) is 0. The number of alkyl halides is 1. The molecule has 16 heavy (non-hydrogen) atoms. The Morgan fingerprint density at radius 2 is 1.56 bits per heavy atom. The zero-order chi connectivity index (χ0) is 11.5. The van der Waals surface area contributed by atoms with E-state index >= 15 is 0 Å². The average Bonchev–Trinajstić information content (AvgIpc) is 2.31. The molecule has 0 heterocycles. The lowest BCUT2D eigenvalue weighted by atomic mass is 10.0. The van der Waals surface area contributed by atoms with Gasteiger partial charge in [-0.15, -0.1) is 11.6 Å². The summed E-state index contributed by atoms with van der Waals surface area (Å²) in [5, 5.41) is 0. The van der Waals surface area contributed by atoms with Crippen molar-refractivity contribution in [3.8, 4) is 11.1 Å². The molecule has 0 N–H and O–H groups in total. The van der Waals surface area contributed by atoms with Gasteiger partial charge in [0.05, 0.1) is 0 Å². The molecular formula is C13H9ClF2. The Morgan fingerprint density at radius 1 is 0.875 bits per heavy atom. The van der Waals surface area contributed by atoms with Gasteiger partial charge in [-0.05, 0) is 23.8 Å². The van der Waals surface area contributed by atoms with Crippen molar-refractivity contribution in [1.29, 1.82) is 0 Å². The third kappa shape index (κ3) is 2.07. The van der Waals surface area contributed by atoms with Crippen LogP contribution in [0, 0.1) is 11.6 Å². The number of hydrogen-bond acceptors (Lipinski definition) is 0. The van der Waals surface area contributed by atoms with Crippen molar-refractivity contribution in [2.24, 2.45) is 0 Å². The maximum absolute atomic E-state index is 13.6. The van der Waals surface area contributed by atoms with E-state index in [9.17, 15) is 8.78 Å². The minimum Gasteiger partial charge on any atom is -0.206 e. The second-order valence-electron chi connectivity index (χ2n) is 3.43. The largest absolute Gasteiger partial charge is 0.206 e. The molecule has 3 heteroatoms. The van der Waals surface area contributed by atoms with Crippen molar-refractivity contribution in [2.75, 3.05) is 0 Å². The maximum atomic E-state index is 13.6. The molecule has 0 nitrogen and oxygen atoms in total. The molecule has 0 saturated heterocycles. The van der Waals surface area contributed by atoms with E-state index in [1.165, 1.54) is 12.1 Å². The highest BCUT2D eigenvalue weighted by Crippen LogP contribution is 2.26. The number of hydrogen-bond donors (Lipinski definition) is 0. The quantitative estimate of drug-likeness (QED) is 0.682. The van der Waals surface area contributed by atoms with Gasteiger partial charge < -0.3 is 0 Å². The first kappa shape index (κ1) is 11.1. The van der Waals surface area contributed by atoms with Crippen LogP contribution < -0.4 is 0 Å². The van der Waals surface area contributed by atoms with E-state index in [1.807, 2.05) is 0 Å². The molecule has 0 saturated carbocycles. The average molecular weight is 239 g/mol. The number of rotatable bonds is 2. The summed E-state index contributed by atoms with van der Waals surface area (Å²) in [7, 11) is 0. The van der Waals surface area contributed by atoms with Gasteiger partial charge in [-0.1, -0.05) is 24.3 Å². The predicted octanol–water partition coefficient (Wildman–Crippen LogP) is 4.37. The molecule has 2 aromatic carbocycles. The van der Waals surface area contributed by atoms with Crippen LogP contribution in [0.3, 0.4) is 0 Å². The van der Waals surface area contributed by atoms with E-state index in [-0.39, 0.29) is 17.0 Å². The van der Waals surface area contributed by atoms with Gasteiger partial charge in [0.25, 0.3) is 0 Å². The second-order valence-corrected chi connectivity index (χ2v) is 3.69. The first-order chi connectivity index (χ1) is 7.72. The fourth-order valence-corrected chi connectivity index (χ4v) is 1.71. The summed E-state index contributed by atoms with van der Waals surface area (Å²) >= 11 is 5.66. The third-order valence-corrected chi connectivity index (χ3v) is 2.66. The third-order valence-electron chi connectivity index (χ3n) is 2.35. The van der Waals surface area contributed by atoms with Gasteiger partial charge in [0, 0.05) is 17.0 Å². The van der Waals surface area contributed by atoms with Crippen molar-refractivity contribution < 1.29 is 8.78 Å². The second kappa shape index (κ2) is 4.62. The molecule has 0 aromatic heterocycles. The van der Waals surface area contributed by atoms with Gasteiger partial charge in [-0.3, -0.25) is 0 Å². The first-order valence-electron chi connectivity index (χ1n) is 4.81. The molecule has 2 rings (SSSR count). The molecule has 2 aromatic rings. The highest BCUT2D eigenvalue weighted by Gasteiger charge is 2.09. The number of benzene rings is 2. The Kier molecular flexibility index (Phi) is 3.20. The molecule has 0 aliphatic carbocycles. The Hall–Kier alpha value is -1.41. The van der Waals surface area contributed by atoms with Crippen LogP contribution in [0.15, 0.2) is 42.5 Å². The lowest BCUT2D eigenvalue weighted by Crippen LogP contribution is -1.90. The van der Waals surface area contributed by atoms with Crippen LogP contribution in [0.2, 0.25) is 0 Å². The molecule has 0 fully saturated rings. The topological polar surface area (TPSA) is 0 Å². The van der Waals surface area contributed by atoms with Crippen LogP contribution in [0.4, 0.5) is 8.78 Å². The van der Waals surface area contributed by atoms with E-state index in [1.54, 1.807) is 30.3 Å². The fourth-order valence-electron chi connectivity index (χ4n) is 1.54. The highest BCUT2D eigenvalue weighted by atomic mass is 35.5. The van der Waals surface area contributed by atoms with Gasteiger partial charge in [-0.25, -0.2) is 8.78 Å². The van der Waals surface area contributed by atoms with Crippen molar-refractivity contribution in [2.45, 2.75) is 5.88 Å². The zero-order valence-corrected chi connectivity index (χ0v) is 9.14. The first-order valence-corrected chi connectivity index (χ1v) is 5.35. The molecule has 82 valence electrons. The van der Waals surface area contributed by atoms with Crippen LogP contribution >= 0.6 is 11.6 Å². The Morgan fingerprint density at radius 3 is 2.25 bits per heavy atom. The van der Waals surface area contributed by atoms with E-state index in [0.717, 1.165) is 5.56 Å². The van der Waals surface area contributed by atoms with Crippen molar-refractivity contribution in [1.82, 2.24) is 0 Å². The lowest BCUT2D eigenvalue weighted by Gasteiger charge is -2.06. The van der Waals surface area contributed by atoms with Crippen molar-refractivity contribution in [3.63, 3.8) is 0 Å². The van der Waals surface area contributed by atoms with Crippen molar-refractivity contribution in [3.05, 3.63) is 59.7 Å².